The third-order valence-corrected chi connectivity index (χ3v) is 8.32. The molecular formula is C29H23F2NO6S. The lowest BCUT2D eigenvalue weighted by Crippen LogP contribution is -2.46. The van der Waals surface area contributed by atoms with E-state index < -0.39 is 47.0 Å². The van der Waals surface area contributed by atoms with E-state index in [1.54, 1.807) is 25.1 Å². The second kappa shape index (κ2) is 9.92. The summed E-state index contributed by atoms with van der Waals surface area (Å²) in [5.41, 5.74) is 1.02. The molecule has 0 N–H and O–H groups in total. The summed E-state index contributed by atoms with van der Waals surface area (Å²) in [6.45, 7) is 1.83. The van der Waals surface area contributed by atoms with Gasteiger partial charge in [0, 0.05) is 40.5 Å². The smallest absolute Gasteiger partial charge is 0.317 e. The van der Waals surface area contributed by atoms with Crippen LogP contribution in [-0.4, -0.2) is 31.1 Å². The standard InChI is InChI=1S/C29H23F2NO6S/c1-2-36-29(35)27-18(24-4-3-9-39-24)12-21-26(28(27)34)17(15-5-8-22-23(10-15)38-14-37-22)13-25(33)32(21)20-7-6-16(30)11-19(20)31/h3-11,17-18,27H,2,12-14H2,1H3. The number of thiophene rings is 1. The Morgan fingerprint density at radius 1 is 1.08 bits per heavy atom. The number of anilines is 1. The number of carbonyl (C=O) groups excluding carboxylic acids is 3. The molecule has 0 saturated carbocycles. The minimum atomic E-state index is -1.13. The number of halogens is 2. The molecule has 1 aromatic heterocycles. The summed E-state index contributed by atoms with van der Waals surface area (Å²) in [6.07, 6.45) is -0.0606. The van der Waals surface area contributed by atoms with Gasteiger partial charge in [-0.25, -0.2) is 8.78 Å². The maximum absolute atomic E-state index is 15.1. The van der Waals surface area contributed by atoms with Gasteiger partial charge in [-0.05, 0) is 54.6 Å². The fourth-order valence-electron chi connectivity index (χ4n) is 5.66. The zero-order valence-corrected chi connectivity index (χ0v) is 21.6. The predicted octanol–water partition coefficient (Wildman–Crippen LogP) is 5.47. The van der Waals surface area contributed by atoms with Crippen molar-refractivity contribution in [2.75, 3.05) is 18.3 Å². The summed E-state index contributed by atoms with van der Waals surface area (Å²) in [6, 6.07) is 11.8. The van der Waals surface area contributed by atoms with Crippen molar-refractivity contribution in [3.63, 3.8) is 0 Å². The molecule has 7 nitrogen and oxygen atoms in total. The maximum atomic E-state index is 15.1. The number of nitrogens with zero attached hydrogens (tertiary/aromatic N) is 1. The molecule has 3 atom stereocenters. The molecule has 1 aliphatic carbocycles. The summed E-state index contributed by atoms with van der Waals surface area (Å²) in [5.74, 6) is -4.72. The van der Waals surface area contributed by atoms with Crippen LogP contribution in [0.25, 0.3) is 0 Å². The van der Waals surface area contributed by atoms with Crippen LogP contribution in [0.4, 0.5) is 14.5 Å². The first-order valence-corrected chi connectivity index (χ1v) is 13.4. The van der Waals surface area contributed by atoms with Crippen LogP contribution in [0.2, 0.25) is 0 Å². The van der Waals surface area contributed by atoms with Crippen LogP contribution in [0.3, 0.4) is 0 Å². The fourth-order valence-corrected chi connectivity index (χ4v) is 6.52. The molecule has 0 bridgehead atoms. The summed E-state index contributed by atoms with van der Waals surface area (Å²) >= 11 is 1.38. The van der Waals surface area contributed by atoms with Crippen molar-refractivity contribution in [1.29, 1.82) is 0 Å². The van der Waals surface area contributed by atoms with Crippen molar-refractivity contribution >= 4 is 34.7 Å². The van der Waals surface area contributed by atoms with Crippen LogP contribution >= 0.6 is 11.3 Å². The lowest BCUT2D eigenvalue weighted by atomic mass is 9.69. The minimum Gasteiger partial charge on any atom is -0.465 e. The number of ether oxygens (including phenoxy) is 3. The van der Waals surface area contributed by atoms with Gasteiger partial charge in [0.05, 0.1) is 12.3 Å². The van der Waals surface area contributed by atoms with Gasteiger partial charge in [-0.15, -0.1) is 11.3 Å². The zero-order valence-electron chi connectivity index (χ0n) is 20.8. The van der Waals surface area contributed by atoms with Crippen LogP contribution < -0.4 is 14.4 Å². The van der Waals surface area contributed by atoms with Gasteiger partial charge in [0.2, 0.25) is 12.7 Å². The number of fused-ring (bicyclic) bond motifs is 1. The Morgan fingerprint density at radius 3 is 2.64 bits per heavy atom. The van der Waals surface area contributed by atoms with E-state index >= 15 is 4.39 Å². The van der Waals surface area contributed by atoms with Crippen LogP contribution in [0, 0.1) is 17.6 Å². The Hall–Kier alpha value is -4.05. The van der Waals surface area contributed by atoms with Crippen LogP contribution in [-0.2, 0) is 19.1 Å². The molecule has 0 fully saturated rings. The van der Waals surface area contributed by atoms with Gasteiger partial charge in [0.1, 0.15) is 17.6 Å². The normalized spacial score (nSPS) is 22.2. The van der Waals surface area contributed by atoms with Crippen molar-refractivity contribution in [2.24, 2.45) is 5.92 Å². The lowest BCUT2D eigenvalue weighted by molar-refractivity contribution is -0.152. The van der Waals surface area contributed by atoms with E-state index in [-0.39, 0.29) is 37.5 Å². The second-order valence-electron chi connectivity index (χ2n) is 9.47. The first-order chi connectivity index (χ1) is 18.9. The molecule has 1 amide bonds. The predicted molar refractivity (Wildman–Crippen MR) is 138 cm³/mol. The first kappa shape index (κ1) is 25.2. The van der Waals surface area contributed by atoms with Crippen molar-refractivity contribution in [3.8, 4) is 11.5 Å². The molecule has 3 heterocycles. The van der Waals surface area contributed by atoms with E-state index in [1.807, 2.05) is 17.5 Å². The first-order valence-electron chi connectivity index (χ1n) is 12.5. The van der Waals surface area contributed by atoms with Gasteiger partial charge < -0.3 is 14.2 Å². The molecule has 2 aliphatic heterocycles. The van der Waals surface area contributed by atoms with E-state index in [2.05, 4.69) is 0 Å². The van der Waals surface area contributed by atoms with Crippen LogP contribution in [0.5, 0.6) is 11.5 Å². The summed E-state index contributed by atoms with van der Waals surface area (Å²) in [5, 5.41) is 1.84. The summed E-state index contributed by atoms with van der Waals surface area (Å²) < 4.78 is 45.1. The van der Waals surface area contributed by atoms with Gasteiger partial charge in [-0.3, -0.25) is 19.3 Å². The number of Topliss-reactive ketones (excluding diaryl/α,β-unsaturated/α-hetero) is 1. The van der Waals surface area contributed by atoms with E-state index in [0.29, 0.717) is 28.8 Å². The third kappa shape index (κ3) is 4.28. The molecule has 3 aliphatic rings. The topological polar surface area (TPSA) is 82.1 Å². The molecule has 2 aromatic carbocycles. The molecule has 39 heavy (non-hydrogen) atoms. The molecule has 0 spiro atoms. The summed E-state index contributed by atoms with van der Waals surface area (Å²) in [7, 11) is 0. The molecule has 0 saturated heterocycles. The van der Waals surface area contributed by atoms with E-state index in [0.717, 1.165) is 10.9 Å². The molecule has 10 heteroatoms. The highest BCUT2D eigenvalue weighted by atomic mass is 32.1. The largest absolute Gasteiger partial charge is 0.465 e. The number of hydrogen-bond donors (Lipinski definition) is 0. The molecular weight excluding hydrogens is 528 g/mol. The molecule has 200 valence electrons. The number of esters is 1. The summed E-state index contributed by atoms with van der Waals surface area (Å²) in [4.78, 5) is 43.2. The second-order valence-corrected chi connectivity index (χ2v) is 10.5. The molecule has 6 rings (SSSR count). The van der Waals surface area contributed by atoms with Crippen molar-refractivity contribution < 1.29 is 37.4 Å². The average Bonchev–Trinajstić information content (AvgIpc) is 3.61. The van der Waals surface area contributed by atoms with Crippen molar-refractivity contribution in [1.82, 2.24) is 0 Å². The highest BCUT2D eigenvalue weighted by Gasteiger charge is 2.50. The Balaban J connectivity index is 1.55. The average molecular weight is 552 g/mol. The molecule has 3 aromatic rings. The highest BCUT2D eigenvalue weighted by Crippen LogP contribution is 2.51. The van der Waals surface area contributed by atoms with E-state index in [4.69, 9.17) is 14.2 Å². The zero-order chi connectivity index (χ0) is 27.3. The van der Waals surface area contributed by atoms with Crippen molar-refractivity contribution in [3.05, 3.63) is 87.3 Å². The Labute approximate surface area is 226 Å². The van der Waals surface area contributed by atoms with Gasteiger partial charge >= 0.3 is 5.97 Å². The monoisotopic (exact) mass is 551 g/mol. The molecule has 0 radical (unpaired) electrons. The fraction of sp³-hybridized carbons (Fsp3) is 0.276. The number of benzene rings is 2. The Kier molecular flexibility index (Phi) is 6.42. The Morgan fingerprint density at radius 2 is 1.90 bits per heavy atom. The number of ketones is 1. The van der Waals surface area contributed by atoms with E-state index in [1.165, 1.54) is 22.3 Å². The van der Waals surface area contributed by atoms with E-state index in [9.17, 15) is 18.8 Å². The van der Waals surface area contributed by atoms with Crippen LogP contribution in [0.1, 0.15) is 42.0 Å². The number of rotatable bonds is 5. The quantitative estimate of drug-likeness (QED) is 0.309. The van der Waals surface area contributed by atoms with Gasteiger partial charge in [0.15, 0.2) is 17.3 Å². The highest BCUT2D eigenvalue weighted by molar-refractivity contribution is 7.10. The third-order valence-electron chi connectivity index (χ3n) is 7.32. The SMILES string of the molecule is CCOC(=O)C1C(=O)C2=C(CC1c1cccs1)N(c1ccc(F)cc1F)C(=O)CC2c1ccc2c(c1)OCO2. The Bertz CT molecular complexity index is 1520. The van der Waals surface area contributed by atoms with Gasteiger partial charge in [-0.2, -0.15) is 0 Å². The van der Waals surface area contributed by atoms with Crippen molar-refractivity contribution in [2.45, 2.75) is 31.6 Å². The number of allylic oxidation sites excluding steroid dienone is 2. The molecule has 3 unspecified atom stereocenters. The van der Waals surface area contributed by atoms with Crippen LogP contribution in [0.15, 0.2) is 65.2 Å². The number of carbonyl (C=O) groups is 3. The number of hydrogen-bond acceptors (Lipinski definition) is 7. The lowest BCUT2D eigenvalue weighted by Gasteiger charge is -2.42. The van der Waals surface area contributed by atoms with Gasteiger partial charge in [0.25, 0.3) is 0 Å². The maximum Gasteiger partial charge on any atom is 0.317 e. The number of amides is 1. The van der Waals surface area contributed by atoms with Gasteiger partial charge in [-0.1, -0.05) is 12.1 Å². The minimum absolute atomic E-state index is 0.0559.